The summed E-state index contributed by atoms with van der Waals surface area (Å²) in [5.74, 6) is -0.391. The third-order valence-corrected chi connectivity index (χ3v) is 4.24. The zero-order chi connectivity index (χ0) is 17.6. The van der Waals surface area contributed by atoms with Crippen molar-refractivity contribution >= 4 is 34.8 Å². The van der Waals surface area contributed by atoms with Gasteiger partial charge in [0.1, 0.15) is 0 Å². The van der Waals surface area contributed by atoms with Crippen molar-refractivity contribution in [3.63, 3.8) is 0 Å². The van der Waals surface area contributed by atoms with E-state index in [0.29, 0.717) is 35.0 Å². The van der Waals surface area contributed by atoms with Crippen molar-refractivity contribution in [3.05, 3.63) is 59.1 Å². The van der Waals surface area contributed by atoms with E-state index in [1.165, 1.54) is 0 Å². The van der Waals surface area contributed by atoms with Crippen LogP contribution in [0, 0.1) is 0 Å². The van der Waals surface area contributed by atoms with Gasteiger partial charge in [-0.3, -0.25) is 9.59 Å². The summed E-state index contributed by atoms with van der Waals surface area (Å²) in [6.45, 7) is 0.714. The molecule has 1 fully saturated rings. The molecule has 1 atom stereocenters. The van der Waals surface area contributed by atoms with Crippen molar-refractivity contribution in [1.82, 2.24) is 0 Å². The Morgan fingerprint density at radius 2 is 1.72 bits per heavy atom. The quantitative estimate of drug-likeness (QED) is 0.845. The fourth-order valence-corrected chi connectivity index (χ4v) is 2.84. The van der Waals surface area contributed by atoms with Crippen molar-refractivity contribution in [2.75, 3.05) is 17.2 Å². The lowest BCUT2D eigenvalue weighted by molar-refractivity contribution is -0.118. The van der Waals surface area contributed by atoms with E-state index in [1.807, 2.05) is 0 Å². The lowest BCUT2D eigenvalue weighted by Gasteiger charge is -2.14. The second-order valence-corrected chi connectivity index (χ2v) is 6.33. The molecule has 6 heteroatoms. The molecule has 130 valence electrons. The van der Waals surface area contributed by atoms with Crippen LogP contribution in [-0.2, 0) is 9.53 Å². The van der Waals surface area contributed by atoms with Gasteiger partial charge < -0.3 is 15.4 Å². The molecule has 0 spiro atoms. The fourth-order valence-electron chi connectivity index (χ4n) is 2.71. The summed E-state index contributed by atoms with van der Waals surface area (Å²) in [4.78, 5) is 24.6. The minimum atomic E-state index is -0.266. The molecule has 1 aliphatic rings. The predicted molar refractivity (Wildman–Crippen MR) is 98.1 cm³/mol. The molecule has 1 heterocycles. The maximum absolute atomic E-state index is 12.4. The van der Waals surface area contributed by atoms with Gasteiger partial charge in [0.2, 0.25) is 5.91 Å². The van der Waals surface area contributed by atoms with Crippen LogP contribution in [0.4, 0.5) is 11.4 Å². The number of ether oxygens (including phenoxy) is 1. The molecule has 2 aromatic rings. The highest BCUT2D eigenvalue weighted by atomic mass is 35.5. The van der Waals surface area contributed by atoms with Crippen LogP contribution in [-0.4, -0.2) is 24.5 Å². The normalized spacial score (nSPS) is 16.4. The van der Waals surface area contributed by atoms with Gasteiger partial charge in [-0.1, -0.05) is 23.7 Å². The Balaban J connectivity index is 1.66. The number of carbonyl (C=O) groups is 2. The molecule has 0 bridgehead atoms. The summed E-state index contributed by atoms with van der Waals surface area (Å²) in [5, 5.41) is 6.23. The molecule has 2 amide bonds. The number of amides is 2. The predicted octanol–water partition coefficient (Wildman–Crippen LogP) is 4.10. The molecule has 0 saturated carbocycles. The Morgan fingerprint density at radius 1 is 1.04 bits per heavy atom. The summed E-state index contributed by atoms with van der Waals surface area (Å²) in [6.07, 6.45) is 2.20. The summed E-state index contributed by atoms with van der Waals surface area (Å²) >= 11 is 5.84. The van der Waals surface area contributed by atoms with E-state index in [4.69, 9.17) is 16.3 Å². The first kappa shape index (κ1) is 17.5. The summed E-state index contributed by atoms with van der Waals surface area (Å²) in [7, 11) is 0. The van der Waals surface area contributed by atoms with Crippen LogP contribution >= 0.6 is 11.6 Å². The number of carbonyl (C=O) groups excluding carboxylic acids is 2. The number of nitrogens with one attached hydrogen (secondary N) is 2. The Labute approximate surface area is 151 Å². The van der Waals surface area contributed by atoms with Gasteiger partial charge >= 0.3 is 0 Å². The number of rotatable bonds is 5. The van der Waals surface area contributed by atoms with E-state index in [1.54, 1.807) is 48.5 Å². The second-order valence-electron chi connectivity index (χ2n) is 5.89. The Kier molecular flexibility index (Phi) is 5.68. The molecule has 1 aliphatic heterocycles. The van der Waals surface area contributed by atoms with Crippen LogP contribution < -0.4 is 10.6 Å². The van der Waals surface area contributed by atoms with E-state index in [2.05, 4.69) is 10.6 Å². The number of benzene rings is 2. The van der Waals surface area contributed by atoms with E-state index in [9.17, 15) is 9.59 Å². The third-order valence-electron chi connectivity index (χ3n) is 3.99. The van der Waals surface area contributed by atoms with Crippen LogP contribution in [0.5, 0.6) is 0 Å². The molecule has 25 heavy (non-hydrogen) atoms. The zero-order valence-electron chi connectivity index (χ0n) is 13.6. The number of hydrogen-bond acceptors (Lipinski definition) is 3. The highest BCUT2D eigenvalue weighted by Gasteiger charge is 2.19. The van der Waals surface area contributed by atoms with Crippen LogP contribution in [0.3, 0.4) is 0 Å². The monoisotopic (exact) mass is 358 g/mol. The van der Waals surface area contributed by atoms with E-state index >= 15 is 0 Å². The van der Waals surface area contributed by atoms with E-state index < -0.39 is 0 Å². The average Bonchev–Trinajstić information content (AvgIpc) is 3.10. The molecule has 0 radical (unpaired) electrons. The first-order chi connectivity index (χ1) is 12.1. The minimum Gasteiger partial charge on any atom is -0.378 e. The fraction of sp³-hybridized carbons (Fsp3) is 0.263. The van der Waals surface area contributed by atoms with Crippen LogP contribution in [0.2, 0.25) is 5.02 Å². The maximum Gasteiger partial charge on any atom is 0.255 e. The van der Waals surface area contributed by atoms with Crippen molar-refractivity contribution in [2.45, 2.75) is 25.4 Å². The molecule has 0 aliphatic carbocycles. The summed E-state index contributed by atoms with van der Waals surface area (Å²) in [6, 6.07) is 13.7. The summed E-state index contributed by atoms with van der Waals surface area (Å²) < 4.78 is 5.48. The molecular weight excluding hydrogens is 340 g/mol. The number of para-hydroxylation sites is 2. The average molecular weight is 359 g/mol. The highest BCUT2D eigenvalue weighted by molar-refractivity contribution is 6.30. The highest BCUT2D eigenvalue weighted by Crippen LogP contribution is 2.23. The topological polar surface area (TPSA) is 67.4 Å². The maximum atomic E-state index is 12.4. The molecule has 1 saturated heterocycles. The van der Waals surface area contributed by atoms with E-state index in [0.717, 1.165) is 12.8 Å². The van der Waals surface area contributed by atoms with Gasteiger partial charge in [0.25, 0.3) is 5.91 Å². The molecule has 3 rings (SSSR count). The Morgan fingerprint density at radius 3 is 2.36 bits per heavy atom. The van der Waals surface area contributed by atoms with Gasteiger partial charge in [-0.2, -0.15) is 0 Å². The van der Waals surface area contributed by atoms with Gasteiger partial charge in [-0.25, -0.2) is 0 Å². The van der Waals surface area contributed by atoms with Gasteiger partial charge in [0.15, 0.2) is 0 Å². The smallest absolute Gasteiger partial charge is 0.255 e. The molecule has 5 nitrogen and oxygen atoms in total. The molecule has 2 N–H and O–H groups in total. The van der Waals surface area contributed by atoms with E-state index in [-0.39, 0.29) is 17.9 Å². The number of hydrogen-bond donors (Lipinski definition) is 2. The van der Waals surface area contributed by atoms with Crippen molar-refractivity contribution in [1.29, 1.82) is 0 Å². The van der Waals surface area contributed by atoms with Crippen molar-refractivity contribution in [3.8, 4) is 0 Å². The largest absolute Gasteiger partial charge is 0.378 e. The van der Waals surface area contributed by atoms with Crippen molar-refractivity contribution < 1.29 is 14.3 Å². The van der Waals surface area contributed by atoms with Gasteiger partial charge in [0.05, 0.1) is 23.9 Å². The number of anilines is 2. The SMILES string of the molecule is O=C(CC1CCCO1)Nc1ccccc1NC(=O)c1ccc(Cl)cc1. The third kappa shape index (κ3) is 4.81. The Bertz CT molecular complexity index is 756. The molecule has 1 unspecified atom stereocenters. The van der Waals surface area contributed by atoms with Gasteiger partial charge in [-0.15, -0.1) is 0 Å². The number of halogens is 1. The van der Waals surface area contributed by atoms with Crippen LogP contribution in [0.25, 0.3) is 0 Å². The lowest BCUT2D eigenvalue weighted by Crippen LogP contribution is -2.20. The molecule has 2 aromatic carbocycles. The van der Waals surface area contributed by atoms with Gasteiger partial charge in [0, 0.05) is 17.2 Å². The minimum absolute atomic E-state index is 0.0178. The molecule has 0 aromatic heterocycles. The molecular formula is C19H19ClN2O3. The lowest BCUT2D eigenvalue weighted by atomic mass is 10.1. The zero-order valence-corrected chi connectivity index (χ0v) is 14.4. The standard InChI is InChI=1S/C19H19ClN2O3/c20-14-9-7-13(8-10-14)19(24)22-17-6-2-1-5-16(17)21-18(23)12-15-4-3-11-25-15/h1-2,5-10,15H,3-4,11-12H2,(H,21,23)(H,22,24). The first-order valence-electron chi connectivity index (χ1n) is 8.19. The van der Waals surface area contributed by atoms with Crippen LogP contribution in [0.15, 0.2) is 48.5 Å². The van der Waals surface area contributed by atoms with Crippen molar-refractivity contribution in [2.24, 2.45) is 0 Å². The first-order valence-corrected chi connectivity index (χ1v) is 8.57. The van der Waals surface area contributed by atoms with Gasteiger partial charge in [-0.05, 0) is 49.2 Å². The summed E-state index contributed by atoms with van der Waals surface area (Å²) in [5.41, 5.74) is 1.60. The Hall–Kier alpha value is -2.37. The second kappa shape index (κ2) is 8.14. The van der Waals surface area contributed by atoms with Crippen LogP contribution in [0.1, 0.15) is 29.6 Å².